The molecule has 1 heterocycles. The minimum Gasteiger partial charge on any atom is -0.486 e. The molecule has 0 spiro atoms. The molecule has 0 unspecified atom stereocenters. The van der Waals surface area contributed by atoms with Crippen molar-refractivity contribution in [3.63, 3.8) is 0 Å². The monoisotopic (exact) mass is 223 g/mol. The molecule has 2 N–H and O–H groups in total. The number of rotatable bonds is 3. The number of alkyl halides is 1. The number of hydrogen-bond acceptors (Lipinski definition) is 3. The van der Waals surface area contributed by atoms with Gasteiger partial charge in [0.2, 0.25) is 0 Å². The standard InChI is InChI=1S/C12H14FNO2/c13-8-9-6-10(2-1-3-14)12-11(7-9)15-4-5-16-12/h1-2,6-7H,3-5,8,14H2/b2-1+. The van der Waals surface area contributed by atoms with Crippen LogP contribution in [0.1, 0.15) is 11.1 Å². The van der Waals surface area contributed by atoms with Crippen LogP contribution in [0.15, 0.2) is 18.2 Å². The van der Waals surface area contributed by atoms with Crippen molar-refractivity contribution in [1.29, 1.82) is 0 Å². The van der Waals surface area contributed by atoms with Gasteiger partial charge < -0.3 is 15.2 Å². The summed E-state index contributed by atoms with van der Waals surface area (Å²) in [4.78, 5) is 0. The molecule has 4 heteroatoms. The van der Waals surface area contributed by atoms with E-state index >= 15 is 0 Å². The van der Waals surface area contributed by atoms with Crippen LogP contribution >= 0.6 is 0 Å². The first kappa shape index (κ1) is 11.0. The first-order valence-electron chi connectivity index (χ1n) is 5.20. The van der Waals surface area contributed by atoms with Gasteiger partial charge in [-0.1, -0.05) is 12.2 Å². The molecule has 0 atom stereocenters. The normalized spacial score (nSPS) is 14.4. The first-order valence-corrected chi connectivity index (χ1v) is 5.20. The van der Waals surface area contributed by atoms with Gasteiger partial charge in [-0.15, -0.1) is 0 Å². The van der Waals surface area contributed by atoms with Gasteiger partial charge in [0.1, 0.15) is 19.9 Å². The van der Waals surface area contributed by atoms with Crippen LogP contribution in [-0.4, -0.2) is 19.8 Å². The van der Waals surface area contributed by atoms with Crippen LogP contribution in [0.5, 0.6) is 11.5 Å². The van der Waals surface area contributed by atoms with Crippen molar-refractivity contribution in [3.8, 4) is 11.5 Å². The Morgan fingerprint density at radius 1 is 1.31 bits per heavy atom. The molecule has 1 aromatic carbocycles. The zero-order valence-electron chi connectivity index (χ0n) is 8.91. The zero-order chi connectivity index (χ0) is 11.4. The number of halogens is 1. The second-order valence-corrected chi connectivity index (χ2v) is 3.48. The fourth-order valence-electron chi connectivity index (χ4n) is 1.64. The smallest absolute Gasteiger partial charge is 0.168 e. The summed E-state index contributed by atoms with van der Waals surface area (Å²) in [5.41, 5.74) is 6.79. The lowest BCUT2D eigenvalue weighted by atomic mass is 10.1. The van der Waals surface area contributed by atoms with E-state index in [4.69, 9.17) is 15.2 Å². The molecule has 0 aliphatic carbocycles. The Kier molecular flexibility index (Phi) is 3.41. The molecule has 16 heavy (non-hydrogen) atoms. The lowest BCUT2D eigenvalue weighted by Gasteiger charge is -2.20. The second kappa shape index (κ2) is 4.99. The number of benzene rings is 1. The predicted octanol–water partition coefficient (Wildman–Crippen LogP) is 1.90. The topological polar surface area (TPSA) is 44.5 Å². The summed E-state index contributed by atoms with van der Waals surface area (Å²) < 4.78 is 23.6. The van der Waals surface area contributed by atoms with Crippen molar-refractivity contribution in [2.45, 2.75) is 6.67 Å². The van der Waals surface area contributed by atoms with E-state index in [0.29, 0.717) is 36.8 Å². The third-order valence-electron chi connectivity index (χ3n) is 2.32. The predicted molar refractivity (Wildman–Crippen MR) is 60.3 cm³/mol. The summed E-state index contributed by atoms with van der Waals surface area (Å²) in [5, 5.41) is 0. The highest BCUT2D eigenvalue weighted by Crippen LogP contribution is 2.36. The molecule has 0 radical (unpaired) electrons. The van der Waals surface area contributed by atoms with Crippen molar-refractivity contribution in [3.05, 3.63) is 29.3 Å². The van der Waals surface area contributed by atoms with Crippen molar-refractivity contribution in [2.75, 3.05) is 19.8 Å². The van der Waals surface area contributed by atoms with E-state index in [1.54, 1.807) is 18.2 Å². The minimum absolute atomic E-state index is 0.440. The van der Waals surface area contributed by atoms with Gasteiger partial charge in [-0.05, 0) is 17.7 Å². The molecule has 1 aliphatic heterocycles. The minimum atomic E-state index is -0.514. The van der Waals surface area contributed by atoms with Crippen LogP contribution in [-0.2, 0) is 6.67 Å². The molecule has 0 amide bonds. The molecule has 1 aliphatic rings. The van der Waals surface area contributed by atoms with Crippen LogP contribution in [0.25, 0.3) is 6.08 Å². The maximum Gasteiger partial charge on any atom is 0.168 e. The number of fused-ring (bicyclic) bond motifs is 1. The van der Waals surface area contributed by atoms with Crippen molar-refractivity contribution in [2.24, 2.45) is 5.73 Å². The van der Waals surface area contributed by atoms with Crippen LogP contribution in [0, 0.1) is 0 Å². The average Bonchev–Trinajstić information content (AvgIpc) is 2.35. The summed E-state index contributed by atoms with van der Waals surface area (Å²) in [6, 6.07) is 3.42. The Morgan fingerprint density at radius 3 is 2.88 bits per heavy atom. The lowest BCUT2D eigenvalue weighted by molar-refractivity contribution is 0.171. The fourth-order valence-corrected chi connectivity index (χ4v) is 1.64. The summed E-state index contributed by atoms with van der Waals surface area (Å²) in [7, 11) is 0. The second-order valence-electron chi connectivity index (χ2n) is 3.48. The van der Waals surface area contributed by atoms with Gasteiger partial charge in [0, 0.05) is 12.1 Å². The summed E-state index contributed by atoms with van der Waals surface area (Å²) in [6.07, 6.45) is 3.63. The molecule has 0 saturated carbocycles. The Bertz CT molecular complexity index is 404. The number of nitrogens with two attached hydrogens (primary N) is 1. The van der Waals surface area contributed by atoms with E-state index in [1.165, 1.54) is 0 Å². The summed E-state index contributed by atoms with van der Waals surface area (Å²) >= 11 is 0. The Balaban J connectivity index is 2.43. The molecule has 0 aromatic heterocycles. The van der Waals surface area contributed by atoms with Gasteiger partial charge in [-0.2, -0.15) is 0 Å². The van der Waals surface area contributed by atoms with E-state index < -0.39 is 6.67 Å². The Labute approximate surface area is 93.7 Å². The largest absolute Gasteiger partial charge is 0.486 e. The fraction of sp³-hybridized carbons (Fsp3) is 0.333. The highest BCUT2D eigenvalue weighted by molar-refractivity contribution is 5.64. The van der Waals surface area contributed by atoms with Crippen molar-refractivity contribution in [1.82, 2.24) is 0 Å². The average molecular weight is 223 g/mol. The molecule has 0 saturated heterocycles. The summed E-state index contributed by atoms with van der Waals surface area (Å²) in [5.74, 6) is 1.28. The van der Waals surface area contributed by atoms with Gasteiger partial charge >= 0.3 is 0 Å². The van der Waals surface area contributed by atoms with Crippen LogP contribution < -0.4 is 15.2 Å². The maximum absolute atomic E-state index is 12.7. The third kappa shape index (κ3) is 2.17. The highest BCUT2D eigenvalue weighted by atomic mass is 19.1. The van der Waals surface area contributed by atoms with Crippen molar-refractivity contribution >= 4 is 6.08 Å². The molecular weight excluding hydrogens is 209 g/mol. The first-order chi connectivity index (χ1) is 7.85. The van der Waals surface area contributed by atoms with Gasteiger partial charge in [-0.3, -0.25) is 0 Å². The van der Waals surface area contributed by atoms with Gasteiger partial charge in [0.05, 0.1) is 0 Å². The van der Waals surface area contributed by atoms with Crippen LogP contribution in [0.2, 0.25) is 0 Å². The van der Waals surface area contributed by atoms with E-state index in [2.05, 4.69) is 0 Å². The molecule has 3 nitrogen and oxygen atoms in total. The highest BCUT2D eigenvalue weighted by Gasteiger charge is 2.16. The Morgan fingerprint density at radius 2 is 2.12 bits per heavy atom. The lowest BCUT2D eigenvalue weighted by Crippen LogP contribution is -2.16. The molecule has 1 aromatic rings. The zero-order valence-corrected chi connectivity index (χ0v) is 8.91. The number of hydrogen-bond donors (Lipinski definition) is 1. The molecular formula is C12H14FNO2. The van der Waals surface area contributed by atoms with Crippen LogP contribution in [0.4, 0.5) is 4.39 Å². The number of ether oxygens (including phenoxy) is 2. The molecule has 2 rings (SSSR count). The van der Waals surface area contributed by atoms with Crippen molar-refractivity contribution < 1.29 is 13.9 Å². The molecule has 0 bridgehead atoms. The molecule has 0 fully saturated rings. The van der Waals surface area contributed by atoms with E-state index in [1.807, 2.05) is 6.08 Å². The molecule has 86 valence electrons. The Hall–Kier alpha value is -1.55. The third-order valence-corrected chi connectivity index (χ3v) is 2.32. The maximum atomic E-state index is 12.7. The SMILES string of the molecule is NC/C=C/c1cc(CF)cc2c1OCCO2. The van der Waals surface area contributed by atoms with Gasteiger partial charge in [0.25, 0.3) is 0 Å². The van der Waals surface area contributed by atoms with Gasteiger partial charge in [-0.25, -0.2) is 4.39 Å². The summed E-state index contributed by atoms with van der Waals surface area (Å²) in [6.45, 7) is 0.948. The van der Waals surface area contributed by atoms with E-state index in [-0.39, 0.29) is 0 Å². The van der Waals surface area contributed by atoms with E-state index in [9.17, 15) is 4.39 Å². The quantitative estimate of drug-likeness (QED) is 0.851. The van der Waals surface area contributed by atoms with E-state index in [0.717, 1.165) is 5.56 Å². The van der Waals surface area contributed by atoms with Crippen LogP contribution in [0.3, 0.4) is 0 Å². The van der Waals surface area contributed by atoms with Gasteiger partial charge in [0.15, 0.2) is 11.5 Å².